The van der Waals surface area contributed by atoms with Crippen LogP contribution in [0.5, 0.6) is 0 Å². The number of pyridine rings is 1. The summed E-state index contributed by atoms with van der Waals surface area (Å²) in [5, 5.41) is 0. The van der Waals surface area contributed by atoms with Crippen molar-refractivity contribution in [2.24, 2.45) is 0 Å². The summed E-state index contributed by atoms with van der Waals surface area (Å²) in [6.07, 6.45) is 1.79. The van der Waals surface area contributed by atoms with Gasteiger partial charge < -0.3 is 14.3 Å². The highest BCUT2D eigenvalue weighted by molar-refractivity contribution is 6.61. The molecule has 5 nitrogen and oxygen atoms in total. The van der Waals surface area contributed by atoms with Crippen molar-refractivity contribution >= 4 is 18.4 Å². The van der Waals surface area contributed by atoms with Gasteiger partial charge in [-0.1, -0.05) is 0 Å². The molecule has 0 spiro atoms. The van der Waals surface area contributed by atoms with E-state index in [0.29, 0.717) is 11.2 Å². The molecule has 2 heterocycles. The topological polar surface area (TPSA) is 68.4 Å². The molecule has 1 aliphatic rings. The second kappa shape index (κ2) is 4.86. The molecule has 2 rings (SSSR count). The first-order valence-corrected chi connectivity index (χ1v) is 6.69. The standard InChI is InChI=1S/C14H20BNO4/c1-9(17)6-10-7-12(18)11(8-16-10)15-19-13(2,3)14(4,5)20-15/h7-8H,6H2,1-5H3,(H,16,18). The lowest BCUT2D eigenvalue weighted by Crippen LogP contribution is -2.44. The van der Waals surface area contributed by atoms with Gasteiger partial charge in [0.1, 0.15) is 5.78 Å². The zero-order valence-corrected chi connectivity index (χ0v) is 12.6. The number of carbonyl (C=O) groups excluding carboxylic acids is 1. The van der Waals surface area contributed by atoms with E-state index in [1.165, 1.54) is 13.0 Å². The van der Waals surface area contributed by atoms with Gasteiger partial charge in [-0.25, -0.2) is 0 Å². The fourth-order valence-corrected chi connectivity index (χ4v) is 2.05. The lowest BCUT2D eigenvalue weighted by atomic mass is 9.80. The second-order valence-corrected chi connectivity index (χ2v) is 6.24. The van der Waals surface area contributed by atoms with Crippen LogP contribution in [0, 0.1) is 0 Å². The monoisotopic (exact) mass is 277 g/mol. The molecule has 0 saturated carbocycles. The third-order valence-corrected chi connectivity index (χ3v) is 3.95. The SMILES string of the molecule is CC(=O)Cc1cc(=O)c(B2OC(C)(C)C(C)(C)O2)c[nH]1. The van der Waals surface area contributed by atoms with Crippen LogP contribution in [-0.4, -0.2) is 29.1 Å². The number of hydrogen-bond donors (Lipinski definition) is 1. The minimum absolute atomic E-state index is 0.00373. The number of Topliss-reactive ketones (excluding diaryl/α,β-unsaturated/α-hetero) is 1. The molecule has 0 bridgehead atoms. The van der Waals surface area contributed by atoms with Crippen LogP contribution in [0.1, 0.15) is 40.3 Å². The third kappa shape index (κ3) is 2.71. The van der Waals surface area contributed by atoms with Crippen LogP contribution in [0.15, 0.2) is 17.1 Å². The molecular weight excluding hydrogens is 257 g/mol. The molecule has 0 atom stereocenters. The Morgan fingerprint density at radius 2 is 1.80 bits per heavy atom. The summed E-state index contributed by atoms with van der Waals surface area (Å²) in [6.45, 7) is 9.23. The van der Waals surface area contributed by atoms with Crippen LogP contribution in [0.2, 0.25) is 0 Å². The van der Waals surface area contributed by atoms with Crippen LogP contribution in [0.4, 0.5) is 0 Å². The minimum Gasteiger partial charge on any atom is -0.399 e. The lowest BCUT2D eigenvalue weighted by molar-refractivity contribution is -0.116. The predicted molar refractivity (Wildman–Crippen MR) is 77.2 cm³/mol. The van der Waals surface area contributed by atoms with E-state index in [0.717, 1.165) is 0 Å². The number of H-pyrrole nitrogens is 1. The van der Waals surface area contributed by atoms with Crippen LogP contribution in [0.3, 0.4) is 0 Å². The normalized spacial score (nSPS) is 20.1. The molecule has 6 heteroatoms. The fraction of sp³-hybridized carbons (Fsp3) is 0.571. The van der Waals surface area contributed by atoms with Gasteiger partial charge in [-0.05, 0) is 34.6 Å². The highest BCUT2D eigenvalue weighted by Gasteiger charge is 2.52. The summed E-state index contributed by atoms with van der Waals surface area (Å²) in [5.74, 6) is 0.00373. The van der Waals surface area contributed by atoms with Crippen molar-refractivity contribution in [1.82, 2.24) is 4.98 Å². The van der Waals surface area contributed by atoms with Crippen molar-refractivity contribution in [2.45, 2.75) is 52.2 Å². The number of ketones is 1. The number of aromatic amines is 1. The Labute approximate surface area is 118 Å². The molecule has 1 saturated heterocycles. The van der Waals surface area contributed by atoms with E-state index in [2.05, 4.69) is 4.98 Å². The molecule has 0 unspecified atom stereocenters. The van der Waals surface area contributed by atoms with Crippen molar-refractivity contribution in [2.75, 3.05) is 0 Å². The summed E-state index contributed by atoms with van der Waals surface area (Å²) in [4.78, 5) is 26.2. The average molecular weight is 277 g/mol. The largest absolute Gasteiger partial charge is 0.500 e. The van der Waals surface area contributed by atoms with Crippen molar-refractivity contribution in [3.63, 3.8) is 0 Å². The van der Waals surface area contributed by atoms with Gasteiger partial charge in [-0.15, -0.1) is 0 Å². The minimum atomic E-state index is -0.685. The van der Waals surface area contributed by atoms with Gasteiger partial charge >= 0.3 is 7.12 Å². The molecule has 0 aliphatic carbocycles. The van der Waals surface area contributed by atoms with Crippen molar-refractivity contribution < 1.29 is 14.1 Å². The maximum atomic E-state index is 12.1. The van der Waals surface area contributed by atoms with Gasteiger partial charge in [0.25, 0.3) is 0 Å². The summed E-state index contributed by atoms with van der Waals surface area (Å²) in [5.41, 5.74) is -0.123. The van der Waals surface area contributed by atoms with Crippen LogP contribution >= 0.6 is 0 Å². The fourth-order valence-electron chi connectivity index (χ4n) is 2.05. The Morgan fingerprint density at radius 3 is 2.25 bits per heavy atom. The predicted octanol–water partition coefficient (Wildman–Crippen LogP) is 0.806. The second-order valence-electron chi connectivity index (χ2n) is 6.24. The Kier molecular flexibility index (Phi) is 3.65. The number of rotatable bonds is 3. The molecule has 1 fully saturated rings. The summed E-state index contributed by atoms with van der Waals surface area (Å²) in [6, 6.07) is 1.43. The zero-order chi connectivity index (χ0) is 15.1. The first kappa shape index (κ1) is 15.0. The molecule has 20 heavy (non-hydrogen) atoms. The number of nitrogens with one attached hydrogen (secondary N) is 1. The first-order chi connectivity index (χ1) is 9.12. The molecule has 0 radical (unpaired) electrons. The molecule has 108 valence electrons. The van der Waals surface area contributed by atoms with E-state index < -0.39 is 18.3 Å². The zero-order valence-electron chi connectivity index (χ0n) is 12.6. The van der Waals surface area contributed by atoms with E-state index in [9.17, 15) is 9.59 Å². The van der Waals surface area contributed by atoms with Gasteiger partial charge in [-0.3, -0.25) is 9.59 Å². The van der Waals surface area contributed by atoms with E-state index in [1.807, 2.05) is 27.7 Å². The smallest absolute Gasteiger partial charge is 0.399 e. The molecule has 1 aromatic rings. The third-order valence-electron chi connectivity index (χ3n) is 3.95. The summed E-state index contributed by atoms with van der Waals surface area (Å²) in [7, 11) is -0.685. The first-order valence-electron chi connectivity index (χ1n) is 6.69. The number of hydrogen-bond acceptors (Lipinski definition) is 4. The van der Waals surface area contributed by atoms with Crippen molar-refractivity contribution in [3.05, 3.63) is 28.2 Å². The van der Waals surface area contributed by atoms with Crippen LogP contribution in [0.25, 0.3) is 0 Å². The van der Waals surface area contributed by atoms with Gasteiger partial charge in [0.2, 0.25) is 0 Å². The Morgan fingerprint density at radius 1 is 1.25 bits per heavy atom. The Hall–Kier alpha value is -1.40. The molecule has 1 N–H and O–H groups in total. The van der Waals surface area contributed by atoms with Gasteiger partial charge in [0.15, 0.2) is 5.43 Å². The van der Waals surface area contributed by atoms with Crippen LogP contribution < -0.4 is 10.9 Å². The lowest BCUT2D eigenvalue weighted by Gasteiger charge is -2.32. The maximum Gasteiger partial charge on any atom is 0.500 e. The molecule has 0 amide bonds. The highest BCUT2D eigenvalue weighted by Crippen LogP contribution is 2.36. The summed E-state index contributed by atoms with van der Waals surface area (Å²) >= 11 is 0. The van der Waals surface area contributed by atoms with Gasteiger partial charge in [0.05, 0.1) is 11.2 Å². The highest BCUT2D eigenvalue weighted by atomic mass is 16.7. The quantitative estimate of drug-likeness (QED) is 0.830. The Bertz CT molecular complexity index is 575. The summed E-state index contributed by atoms with van der Waals surface area (Å²) < 4.78 is 11.7. The molecule has 0 aromatic carbocycles. The molecule has 1 aromatic heterocycles. The maximum absolute atomic E-state index is 12.1. The van der Waals surface area contributed by atoms with Gasteiger partial charge in [0, 0.05) is 29.8 Å². The van der Waals surface area contributed by atoms with Crippen molar-refractivity contribution in [1.29, 1.82) is 0 Å². The molecule has 1 aliphatic heterocycles. The van der Waals surface area contributed by atoms with E-state index >= 15 is 0 Å². The Balaban J connectivity index is 2.28. The van der Waals surface area contributed by atoms with E-state index in [-0.39, 0.29) is 17.6 Å². The van der Waals surface area contributed by atoms with Gasteiger partial charge in [-0.2, -0.15) is 0 Å². The van der Waals surface area contributed by atoms with E-state index in [4.69, 9.17) is 9.31 Å². The number of carbonyl (C=O) groups is 1. The average Bonchev–Trinajstić information content (AvgIpc) is 2.46. The van der Waals surface area contributed by atoms with Crippen LogP contribution in [-0.2, 0) is 20.5 Å². The van der Waals surface area contributed by atoms with Crippen molar-refractivity contribution in [3.8, 4) is 0 Å². The number of aromatic nitrogens is 1. The molecular formula is C14H20BNO4. The van der Waals surface area contributed by atoms with E-state index in [1.54, 1.807) is 6.20 Å².